The zero-order valence-electron chi connectivity index (χ0n) is 13.4. The molecule has 1 amide bonds. The Labute approximate surface area is 135 Å². The number of carbonyl (C=O) groups is 2. The molecule has 1 fully saturated rings. The van der Waals surface area contributed by atoms with Crippen LogP contribution in [0.3, 0.4) is 0 Å². The van der Waals surface area contributed by atoms with Gasteiger partial charge in [0.1, 0.15) is 0 Å². The summed E-state index contributed by atoms with van der Waals surface area (Å²) in [6, 6.07) is 8.17. The van der Waals surface area contributed by atoms with Gasteiger partial charge >= 0.3 is 5.97 Å². The standard InChI is InChI=1S/C18H22N2O3/c1-19-11-13(15-6-2-3-7-16(15)19)8-9-17(21)20-10-4-5-14(12-20)18(22)23/h2-3,6-7,11,14H,4-5,8-10,12H2,1H3,(H,22,23)/t14-/m0/s1. The van der Waals surface area contributed by atoms with Gasteiger partial charge in [-0.1, -0.05) is 18.2 Å². The molecule has 122 valence electrons. The first-order valence-electron chi connectivity index (χ1n) is 8.10. The fraction of sp³-hybridized carbons (Fsp3) is 0.444. The molecule has 2 heterocycles. The van der Waals surface area contributed by atoms with Gasteiger partial charge in [0, 0.05) is 43.7 Å². The lowest BCUT2D eigenvalue weighted by molar-refractivity contribution is -0.145. The Hall–Kier alpha value is -2.30. The molecule has 1 atom stereocenters. The molecule has 5 nitrogen and oxygen atoms in total. The van der Waals surface area contributed by atoms with Crippen LogP contribution in [0.5, 0.6) is 0 Å². The molecule has 1 aliphatic heterocycles. The maximum Gasteiger partial charge on any atom is 0.308 e. The van der Waals surface area contributed by atoms with Crippen LogP contribution in [0.4, 0.5) is 0 Å². The number of carbonyl (C=O) groups excluding carboxylic acids is 1. The van der Waals surface area contributed by atoms with Crippen molar-refractivity contribution in [2.24, 2.45) is 13.0 Å². The number of rotatable bonds is 4. The number of hydrogen-bond donors (Lipinski definition) is 1. The van der Waals surface area contributed by atoms with E-state index in [1.807, 2.05) is 19.2 Å². The predicted octanol–water partition coefficient (Wildman–Crippen LogP) is 2.43. The number of carboxylic acid groups (broad SMARTS) is 1. The van der Waals surface area contributed by atoms with Crippen molar-refractivity contribution in [3.63, 3.8) is 0 Å². The minimum atomic E-state index is -0.795. The average molecular weight is 314 g/mol. The summed E-state index contributed by atoms with van der Waals surface area (Å²) >= 11 is 0. The highest BCUT2D eigenvalue weighted by Gasteiger charge is 2.27. The third kappa shape index (κ3) is 3.23. The molecule has 1 saturated heterocycles. The Morgan fingerprint density at radius 3 is 2.87 bits per heavy atom. The van der Waals surface area contributed by atoms with Gasteiger partial charge in [-0.2, -0.15) is 0 Å². The molecule has 1 aliphatic rings. The van der Waals surface area contributed by atoms with Gasteiger partial charge in [0.2, 0.25) is 5.91 Å². The zero-order chi connectivity index (χ0) is 16.4. The number of para-hydroxylation sites is 1. The fourth-order valence-electron chi connectivity index (χ4n) is 3.43. The number of aliphatic carboxylic acids is 1. The van der Waals surface area contributed by atoms with Crippen LogP contribution in [-0.2, 0) is 23.1 Å². The van der Waals surface area contributed by atoms with Gasteiger partial charge in [0.05, 0.1) is 5.92 Å². The molecule has 3 rings (SSSR count). The summed E-state index contributed by atoms with van der Waals surface area (Å²) in [5.41, 5.74) is 2.34. The first kappa shape index (κ1) is 15.6. The Balaban J connectivity index is 1.65. The number of aromatic nitrogens is 1. The second-order valence-electron chi connectivity index (χ2n) is 6.30. The van der Waals surface area contributed by atoms with Crippen LogP contribution < -0.4 is 0 Å². The summed E-state index contributed by atoms with van der Waals surface area (Å²) in [4.78, 5) is 25.2. The van der Waals surface area contributed by atoms with Crippen LogP contribution in [0, 0.1) is 5.92 Å². The normalized spacial score (nSPS) is 18.3. The number of carboxylic acids is 1. The molecule has 0 bridgehead atoms. The Morgan fingerprint density at radius 1 is 1.30 bits per heavy atom. The van der Waals surface area contributed by atoms with Crippen LogP contribution >= 0.6 is 0 Å². The minimum Gasteiger partial charge on any atom is -0.481 e. The van der Waals surface area contributed by atoms with Crippen molar-refractivity contribution in [1.82, 2.24) is 9.47 Å². The number of benzene rings is 1. The first-order valence-corrected chi connectivity index (χ1v) is 8.10. The summed E-state index contributed by atoms with van der Waals surface area (Å²) in [5, 5.41) is 10.3. The molecule has 0 aliphatic carbocycles. The quantitative estimate of drug-likeness (QED) is 0.943. The smallest absolute Gasteiger partial charge is 0.308 e. The monoisotopic (exact) mass is 314 g/mol. The number of amides is 1. The first-order chi connectivity index (χ1) is 11.1. The zero-order valence-corrected chi connectivity index (χ0v) is 13.4. The molecular weight excluding hydrogens is 292 g/mol. The van der Waals surface area contributed by atoms with Crippen LogP contribution in [0.25, 0.3) is 10.9 Å². The summed E-state index contributed by atoms with van der Waals surface area (Å²) in [5.74, 6) is -1.15. The van der Waals surface area contributed by atoms with Gasteiger partial charge in [-0.15, -0.1) is 0 Å². The predicted molar refractivity (Wildman–Crippen MR) is 88.2 cm³/mol. The molecule has 23 heavy (non-hydrogen) atoms. The van der Waals surface area contributed by atoms with Crippen LogP contribution in [0.15, 0.2) is 30.5 Å². The summed E-state index contributed by atoms with van der Waals surface area (Å²) in [6.45, 7) is 1.03. The van der Waals surface area contributed by atoms with Gasteiger partial charge in [0.15, 0.2) is 0 Å². The molecule has 0 radical (unpaired) electrons. The van der Waals surface area contributed by atoms with E-state index in [1.54, 1.807) is 4.90 Å². The minimum absolute atomic E-state index is 0.0592. The van der Waals surface area contributed by atoms with E-state index in [0.717, 1.165) is 6.42 Å². The summed E-state index contributed by atoms with van der Waals surface area (Å²) < 4.78 is 2.08. The largest absolute Gasteiger partial charge is 0.481 e. The Kier molecular flexibility index (Phi) is 4.37. The van der Waals surface area contributed by atoms with E-state index < -0.39 is 11.9 Å². The second kappa shape index (κ2) is 6.44. The number of hydrogen-bond acceptors (Lipinski definition) is 2. The van der Waals surface area contributed by atoms with Gasteiger partial charge in [-0.3, -0.25) is 9.59 Å². The third-order valence-electron chi connectivity index (χ3n) is 4.71. The summed E-state index contributed by atoms with van der Waals surface area (Å²) in [6.07, 6.45) is 4.64. The van der Waals surface area contributed by atoms with E-state index in [4.69, 9.17) is 5.11 Å². The topological polar surface area (TPSA) is 62.5 Å². The van der Waals surface area contributed by atoms with Crippen LogP contribution in [0.2, 0.25) is 0 Å². The maximum absolute atomic E-state index is 12.4. The molecule has 1 N–H and O–H groups in total. The van der Waals surface area contributed by atoms with Gasteiger partial charge in [0.25, 0.3) is 0 Å². The lowest BCUT2D eigenvalue weighted by Crippen LogP contribution is -2.42. The van der Waals surface area contributed by atoms with Crippen molar-refractivity contribution in [2.45, 2.75) is 25.7 Å². The van der Waals surface area contributed by atoms with Crippen molar-refractivity contribution in [3.05, 3.63) is 36.0 Å². The maximum atomic E-state index is 12.4. The fourth-order valence-corrected chi connectivity index (χ4v) is 3.43. The molecule has 0 spiro atoms. The number of piperidine rings is 1. The molecule has 1 aromatic carbocycles. The molecule has 1 aromatic heterocycles. The Morgan fingerprint density at radius 2 is 2.09 bits per heavy atom. The van der Waals surface area contributed by atoms with E-state index in [1.165, 1.54) is 16.5 Å². The van der Waals surface area contributed by atoms with Crippen LogP contribution in [0.1, 0.15) is 24.8 Å². The van der Waals surface area contributed by atoms with Crippen molar-refractivity contribution in [3.8, 4) is 0 Å². The van der Waals surface area contributed by atoms with Gasteiger partial charge in [-0.05, 0) is 30.9 Å². The summed E-state index contributed by atoms with van der Waals surface area (Å²) in [7, 11) is 2.01. The number of likely N-dealkylation sites (tertiary alicyclic amines) is 1. The van der Waals surface area contributed by atoms with E-state index in [-0.39, 0.29) is 5.91 Å². The van der Waals surface area contributed by atoms with E-state index in [0.29, 0.717) is 32.4 Å². The number of fused-ring (bicyclic) bond motifs is 1. The Bertz CT molecular complexity index is 735. The van der Waals surface area contributed by atoms with E-state index in [2.05, 4.69) is 22.9 Å². The van der Waals surface area contributed by atoms with Crippen molar-refractivity contribution in [2.75, 3.05) is 13.1 Å². The number of nitrogens with zero attached hydrogens (tertiary/aromatic N) is 2. The van der Waals surface area contributed by atoms with Crippen molar-refractivity contribution < 1.29 is 14.7 Å². The molecule has 2 aromatic rings. The average Bonchev–Trinajstić information content (AvgIpc) is 2.89. The van der Waals surface area contributed by atoms with Gasteiger partial charge < -0.3 is 14.6 Å². The highest BCUT2D eigenvalue weighted by Crippen LogP contribution is 2.23. The SMILES string of the molecule is Cn1cc(CCC(=O)N2CCC[C@H](C(=O)O)C2)c2ccccc21. The lowest BCUT2D eigenvalue weighted by atomic mass is 9.97. The van der Waals surface area contributed by atoms with Gasteiger partial charge in [-0.25, -0.2) is 0 Å². The number of aryl methyl sites for hydroxylation is 2. The highest BCUT2D eigenvalue weighted by atomic mass is 16.4. The second-order valence-corrected chi connectivity index (χ2v) is 6.30. The molecule has 0 saturated carbocycles. The third-order valence-corrected chi connectivity index (χ3v) is 4.71. The molecule has 5 heteroatoms. The molecule has 0 unspecified atom stereocenters. The highest BCUT2D eigenvalue weighted by molar-refractivity contribution is 5.85. The van der Waals surface area contributed by atoms with E-state index in [9.17, 15) is 9.59 Å². The molecular formula is C18H22N2O3. The van der Waals surface area contributed by atoms with E-state index >= 15 is 0 Å². The van der Waals surface area contributed by atoms with Crippen molar-refractivity contribution >= 4 is 22.8 Å². The van der Waals surface area contributed by atoms with Crippen molar-refractivity contribution in [1.29, 1.82) is 0 Å². The lowest BCUT2D eigenvalue weighted by Gasteiger charge is -2.30. The van der Waals surface area contributed by atoms with Crippen LogP contribution in [-0.4, -0.2) is 39.5 Å².